The lowest BCUT2D eigenvalue weighted by atomic mass is 10.2. The monoisotopic (exact) mass is 406 g/mol. The van der Waals surface area contributed by atoms with E-state index in [1.54, 1.807) is 47.3 Å². The molecule has 0 spiro atoms. The second kappa shape index (κ2) is 13.3. The van der Waals surface area contributed by atoms with Crippen molar-refractivity contribution < 1.29 is 19.4 Å². The van der Waals surface area contributed by atoms with Crippen molar-refractivity contribution >= 4 is 34.1 Å². The van der Waals surface area contributed by atoms with Crippen LogP contribution in [0.2, 0.25) is 0 Å². The Kier molecular flexibility index (Phi) is 12.9. The highest BCUT2D eigenvalue weighted by atomic mass is 33.1. The number of hydrogen-bond donors (Lipinski definition) is 2. The van der Waals surface area contributed by atoms with E-state index in [-0.39, 0.29) is 6.61 Å². The van der Waals surface area contributed by atoms with Crippen LogP contribution in [0.4, 0.5) is 4.79 Å². The van der Waals surface area contributed by atoms with E-state index in [9.17, 15) is 14.7 Å². The summed E-state index contributed by atoms with van der Waals surface area (Å²) in [4.78, 5) is 25.7. The number of allylic oxidation sites excluding steroid dienone is 1. The van der Waals surface area contributed by atoms with Crippen LogP contribution in [0, 0.1) is 0 Å². The highest BCUT2D eigenvalue weighted by Crippen LogP contribution is 2.38. The highest BCUT2D eigenvalue weighted by Gasteiger charge is 2.17. The molecule has 0 rings (SSSR count). The van der Waals surface area contributed by atoms with Crippen LogP contribution in [0.5, 0.6) is 0 Å². The van der Waals surface area contributed by atoms with Gasteiger partial charge in [0, 0.05) is 42.0 Å². The van der Waals surface area contributed by atoms with E-state index in [0.717, 1.165) is 29.9 Å². The summed E-state index contributed by atoms with van der Waals surface area (Å²) in [6.45, 7) is 12.3. The van der Waals surface area contributed by atoms with E-state index in [2.05, 4.69) is 19.2 Å². The lowest BCUT2D eigenvalue weighted by Crippen LogP contribution is -2.37. The topological polar surface area (TPSA) is 78.9 Å². The van der Waals surface area contributed by atoms with E-state index in [4.69, 9.17) is 4.74 Å². The molecular formula is C18H34N2O4S2. The molecule has 0 aromatic rings. The first-order chi connectivity index (χ1) is 12.1. The maximum atomic E-state index is 11.7. The van der Waals surface area contributed by atoms with Crippen LogP contribution in [0.25, 0.3) is 0 Å². The molecule has 0 aromatic heterocycles. The molecular weight excluding hydrogens is 372 g/mol. The molecule has 2 N–H and O–H groups in total. The number of hydrogen-bond acceptors (Lipinski definition) is 6. The average Bonchev–Trinajstić information content (AvgIpc) is 2.53. The summed E-state index contributed by atoms with van der Waals surface area (Å²) < 4.78 is 5.18. The van der Waals surface area contributed by atoms with E-state index in [1.807, 2.05) is 6.92 Å². The summed E-state index contributed by atoms with van der Waals surface area (Å²) in [5.41, 5.74) is 0.253. The molecule has 0 heterocycles. The van der Waals surface area contributed by atoms with E-state index in [0.29, 0.717) is 24.8 Å². The zero-order chi connectivity index (χ0) is 20.2. The normalized spacial score (nSPS) is 13.7. The van der Waals surface area contributed by atoms with Crippen molar-refractivity contribution in [2.75, 3.05) is 19.7 Å². The van der Waals surface area contributed by atoms with Crippen LogP contribution in [-0.2, 0) is 9.53 Å². The number of nitrogens with one attached hydrogen (secondary N) is 1. The minimum absolute atomic E-state index is 0.0330. The zero-order valence-corrected chi connectivity index (χ0v) is 18.5. The fourth-order valence-corrected chi connectivity index (χ4v) is 4.80. The molecule has 0 aliphatic rings. The van der Waals surface area contributed by atoms with Gasteiger partial charge in [0.25, 0.3) is 0 Å². The Hall–Kier alpha value is -0.860. The third-order valence-corrected chi connectivity index (χ3v) is 6.57. The predicted molar refractivity (Wildman–Crippen MR) is 111 cm³/mol. The number of nitrogens with zero attached hydrogens (tertiary/aromatic N) is 1. The van der Waals surface area contributed by atoms with Crippen LogP contribution in [-0.4, -0.2) is 53.1 Å². The first-order valence-electron chi connectivity index (χ1n) is 8.97. The molecule has 26 heavy (non-hydrogen) atoms. The van der Waals surface area contributed by atoms with Gasteiger partial charge in [-0.2, -0.15) is 0 Å². The molecule has 0 fully saturated rings. The molecule has 152 valence electrons. The lowest BCUT2D eigenvalue weighted by Gasteiger charge is -2.23. The summed E-state index contributed by atoms with van der Waals surface area (Å²) in [6, 6.07) is 0. The highest BCUT2D eigenvalue weighted by molar-refractivity contribution is 8.78. The van der Waals surface area contributed by atoms with Crippen molar-refractivity contribution in [1.82, 2.24) is 10.2 Å². The Labute approximate surface area is 165 Å². The van der Waals surface area contributed by atoms with Crippen molar-refractivity contribution in [2.24, 2.45) is 0 Å². The van der Waals surface area contributed by atoms with Crippen molar-refractivity contribution in [1.29, 1.82) is 0 Å². The number of aliphatic hydroxyl groups is 1. The number of aliphatic hydroxyl groups excluding tert-OH is 1. The van der Waals surface area contributed by atoms with Crippen LogP contribution >= 0.6 is 21.6 Å². The fraction of sp³-hybridized carbons (Fsp3) is 0.778. The summed E-state index contributed by atoms with van der Waals surface area (Å²) in [5, 5.41) is 12.5. The molecule has 6 nitrogen and oxygen atoms in total. The van der Waals surface area contributed by atoms with Crippen LogP contribution in [0.1, 0.15) is 60.8 Å². The Bertz CT molecular complexity index is 465. The van der Waals surface area contributed by atoms with Gasteiger partial charge in [-0.3, -0.25) is 4.79 Å². The van der Waals surface area contributed by atoms with Crippen molar-refractivity contribution in [3.8, 4) is 0 Å². The van der Waals surface area contributed by atoms with Gasteiger partial charge in [-0.05, 0) is 34.1 Å². The minimum atomic E-state index is -0.554. The van der Waals surface area contributed by atoms with Gasteiger partial charge in [0.2, 0.25) is 6.41 Å². The van der Waals surface area contributed by atoms with Crippen molar-refractivity contribution in [3.05, 3.63) is 10.6 Å². The van der Waals surface area contributed by atoms with Crippen molar-refractivity contribution in [3.63, 3.8) is 0 Å². The maximum Gasteiger partial charge on any atom is 0.407 e. The molecule has 1 unspecified atom stereocenters. The van der Waals surface area contributed by atoms with Gasteiger partial charge in [-0.15, -0.1) is 0 Å². The minimum Gasteiger partial charge on any atom is -0.444 e. The average molecular weight is 407 g/mol. The van der Waals surface area contributed by atoms with E-state index >= 15 is 0 Å². The molecule has 0 aromatic carbocycles. The van der Waals surface area contributed by atoms with Crippen molar-refractivity contribution in [2.45, 2.75) is 71.7 Å². The van der Waals surface area contributed by atoms with Gasteiger partial charge >= 0.3 is 6.09 Å². The van der Waals surface area contributed by atoms with Crippen LogP contribution in [0.15, 0.2) is 10.6 Å². The molecule has 8 heteroatoms. The van der Waals surface area contributed by atoms with Crippen LogP contribution in [0.3, 0.4) is 0 Å². The van der Waals surface area contributed by atoms with Crippen LogP contribution < -0.4 is 5.32 Å². The number of carbonyl (C=O) groups excluding carboxylic acids is 2. The van der Waals surface area contributed by atoms with Gasteiger partial charge in [0.05, 0.1) is 0 Å². The molecule has 0 aliphatic carbocycles. The number of rotatable bonds is 12. The number of amides is 2. The Balaban J connectivity index is 4.74. The third-order valence-electron chi connectivity index (χ3n) is 3.33. The van der Waals surface area contributed by atoms with Gasteiger partial charge in [0.15, 0.2) is 0 Å². The first-order valence-corrected chi connectivity index (χ1v) is 11.2. The fourth-order valence-electron chi connectivity index (χ4n) is 2.03. The summed E-state index contributed by atoms with van der Waals surface area (Å²) in [7, 11) is 3.37. The molecule has 0 aliphatic heterocycles. The smallest absolute Gasteiger partial charge is 0.407 e. The number of alkyl carbamates (subject to hydrolysis) is 1. The molecule has 0 bridgehead atoms. The Morgan fingerprint density at radius 1 is 1.38 bits per heavy atom. The molecule has 0 saturated heterocycles. The SMILES string of the molecule is CCCC(C)SS/C(CCO)=C(/C)N(C=O)CCNC(=O)OC(C)(C)C. The van der Waals surface area contributed by atoms with Gasteiger partial charge in [-0.1, -0.05) is 41.9 Å². The molecule has 2 amide bonds. The zero-order valence-electron chi connectivity index (χ0n) is 16.8. The maximum absolute atomic E-state index is 11.7. The summed E-state index contributed by atoms with van der Waals surface area (Å²) in [6.07, 6.45) is 3.01. The van der Waals surface area contributed by atoms with Gasteiger partial charge in [-0.25, -0.2) is 4.79 Å². The van der Waals surface area contributed by atoms with E-state index in [1.165, 1.54) is 0 Å². The molecule has 1 atom stereocenters. The van der Waals surface area contributed by atoms with E-state index < -0.39 is 11.7 Å². The largest absolute Gasteiger partial charge is 0.444 e. The third kappa shape index (κ3) is 11.7. The second-order valence-corrected chi connectivity index (χ2v) is 9.72. The quantitative estimate of drug-likeness (QED) is 0.374. The summed E-state index contributed by atoms with van der Waals surface area (Å²) in [5.74, 6) is 0. The molecule has 0 radical (unpaired) electrons. The predicted octanol–water partition coefficient (Wildman–Crippen LogP) is 4.15. The Morgan fingerprint density at radius 3 is 2.54 bits per heavy atom. The first kappa shape index (κ1) is 25.1. The summed E-state index contributed by atoms with van der Waals surface area (Å²) >= 11 is 0. The standard InChI is InChI=1S/C18H34N2O4S2/c1-7-8-14(2)25-26-16(9-12-21)15(3)20(13-22)11-10-19-17(23)24-18(4,5)6/h13-14,21H,7-12H2,1-6H3,(H,19,23)/b16-15-. The second-order valence-electron chi connectivity index (χ2n) is 6.99. The lowest BCUT2D eigenvalue weighted by molar-refractivity contribution is -0.116. The number of carbonyl (C=O) groups is 2. The Morgan fingerprint density at radius 2 is 2.04 bits per heavy atom. The number of ether oxygens (including phenoxy) is 1. The van der Waals surface area contributed by atoms with Gasteiger partial charge in [0.1, 0.15) is 5.60 Å². The molecule has 0 saturated carbocycles. The van der Waals surface area contributed by atoms with Gasteiger partial charge < -0.3 is 20.1 Å².